The first kappa shape index (κ1) is 14.3. The van der Waals surface area contributed by atoms with Gasteiger partial charge in [0.2, 0.25) is 5.16 Å². The molecule has 110 valence electrons. The molecule has 3 aromatic rings. The first-order chi connectivity index (χ1) is 10.2. The van der Waals surface area contributed by atoms with Gasteiger partial charge in [0.15, 0.2) is 5.65 Å². The van der Waals surface area contributed by atoms with Crippen molar-refractivity contribution in [1.82, 2.24) is 24.6 Å². The summed E-state index contributed by atoms with van der Waals surface area (Å²) in [7, 11) is 6.20. The minimum absolute atomic E-state index is 0.757. The Balaban J connectivity index is 1.86. The standard InChI is InChI=1S/C15H19N5S/c1-19(2)9-6-10-21-15-16-14-13(17-18-15)11-7-4-5-8-12(11)20(14)3/h4-5,7-8H,6,9-10H2,1-3H3. The summed E-state index contributed by atoms with van der Waals surface area (Å²) < 4.78 is 2.09. The molecule has 2 heterocycles. The number of benzene rings is 1. The first-order valence-corrected chi connectivity index (χ1v) is 8.01. The van der Waals surface area contributed by atoms with Crippen LogP contribution in [0.25, 0.3) is 22.1 Å². The van der Waals surface area contributed by atoms with Crippen LogP contribution in [0.3, 0.4) is 0 Å². The van der Waals surface area contributed by atoms with Crippen molar-refractivity contribution in [3.05, 3.63) is 24.3 Å². The number of aromatic nitrogens is 4. The minimum Gasteiger partial charge on any atom is -0.327 e. The highest BCUT2D eigenvalue weighted by Crippen LogP contribution is 2.25. The van der Waals surface area contributed by atoms with Crippen molar-refractivity contribution in [2.75, 3.05) is 26.4 Å². The highest BCUT2D eigenvalue weighted by molar-refractivity contribution is 7.99. The zero-order valence-corrected chi connectivity index (χ0v) is 13.4. The number of aryl methyl sites for hydroxylation is 1. The Bertz CT molecular complexity index is 765. The molecule has 0 bridgehead atoms. The van der Waals surface area contributed by atoms with E-state index in [9.17, 15) is 0 Å². The summed E-state index contributed by atoms with van der Waals surface area (Å²) in [5, 5.41) is 10.5. The highest BCUT2D eigenvalue weighted by atomic mass is 32.2. The molecule has 6 heteroatoms. The van der Waals surface area contributed by atoms with E-state index in [1.54, 1.807) is 11.8 Å². The predicted octanol–water partition coefficient (Wildman–Crippen LogP) is 2.56. The third-order valence-electron chi connectivity index (χ3n) is 3.47. The lowest BCUT2D eigenvalue weighted by atomic mass is 10.2. The fourth-order valence-corrected chi connectivity index (χ4v) is 3.10. The Hall–Kier alpha value is -1.66. The van der Waals surface area contributed by atoms with E-state index >= 15 is 0 Å². The Labute approximate surface area is 128 Å². The van der Waals surface area contributed by atoms with Gasteiger partial charge in [-0.05, 0) is 33.1 Å². The van der Waals surface area contributed by atoms with Crippen LogP contribution in [0, 0.1) is 0 Å². The van der Waals surface area contributed by atoms with Crippen LogP contribution in [-0.4, -0.2) is 51.0 Å². The lowest BCUT2D eigenvalue weighted by molar-refractivity contribution is 0.410. The summed E-state index contributed by atoms with van der Waals surface area (Å²) >= 11 is 1.67. The van der Waals surface area contributed by atoms with Crippen LogP contribution in [0.15, 0.2) is 29.4 Å². The molecule has 0 spiro atoms. The molecule has 0 radical (unpaired) electrons. The lowest BCUT2D eigenvalue weighted by Gasteiger charge is -2.07. The molecule has 0 aliphatic rings. The van der Waals surface area contributed by atoms with Gasteiger partial charge in [-0.3, -0.25) is 0 Å². The van der Waals surface area contributed by atoms with Crippen LogP contribution in [0.1, 0.15) is 6.42 Å². The van der Waals surface area contributed by atoms with Gasteiger partial charge < -0.3 is 9.47 Å². The molecule has 21 heavy (non-hydrogen) atoms. The summed E-state index contributed by atoms with van der Waals surface area (Å²) in [6, 6.07) is 8.21. The highest BCUT2D eigenvalue weighted by Gasteiger charge is 2.12. The third kappa shape index (κ3) is 2.87. The molecule has 0 saturated carbocycles. The zero-order chi connectivity index (χ0) is 14.8. The number of rotatable bonds is 5. The van der Waals surface area contributed by atoms with E-state index in [1.807, 2.05) is 19.2 Å². The molecule has 3 rings (SSSR count). The van der Waals surface area contributed by atoms with Crippen LogP contribution < -0.4 is 0 Å². The van der Waals surface area contributed by atoms with Crippen molar-refractivity contribution in [3.63, 3.8) is 0 Å². The fraction of sp³-hybridized carbons (Fsp3) is 0.400. The molecule has 0 saturated heterocycles. The second kappa shape index (κ2) is 5.99. The van der Waals surface area contributed by atoms with E-state index in [0.29, 0.717) is 0 Å². The quantitative estimate of drug-likeness (QED) is 0.535. The van der Waals surface area contributed by atoms with Crippen LogP contribution in [0.2, 0.25) is 0 Å². The monoisotopic (exact) mass is 301 g/mol. The van der Waals surface area contributed by atoms with Gasteiger partial charge in [-0.2, -0.15) is 0 Å². The Morgan fingerprint density at radius 3 is 2.81 bits per heavy atom. The van der Waals surface area contributed by atoms with Gasteiger partial charge in [0, 0.05) is 18.2 Å². The fourth-order valence-electron chi connectivity index (χ4n) is 2.40. The second-order valence-corrected chi connectivity index (χ2v) is 6.41. The molecule has 0 amide bonds. The van der Waals surface area contributed by atoms with Crippen LogP contribution >= 0.6 is 11.8 Å². The Morgan fingerprint density at radius 2 is 2.00 bits per heavy atom. The minimum atomic E-state index is 0.757. The number of hydrogen-bond donors (Lipinski definition) is 0. The maximum atomic E-state index is 4.67. The van der Waals surface area contributed by atoms with Gasteiger partial charge in [0.05, 0.1) is 5.52 Å². The van der Waals surface area contributed by atoms with Crippen molar-refractivity contribution in [1.29, 1.82) is 0 Å². The van der Waals surface area contributed by atoms with Crippen molar-refractivity contribution in [2.24, 2.45) is 7.05 Å². The largest absolute Gasteiger partial charge is 0.327 e. The summed E-state index contributed by atoms with van der Waals surface area (Å²) in [6.45, 7) is 1.08. The number of fused-ring (bicyclic) bond motifs is 3. The van der Waals surface area contributed by atoms with E-state index in [1.165, 1.54) is 0 Å². The van der Waals surface area contributed by atoms with E-state index in [0.717, 1.165) is 45.9 Å². The summed E-state index contributed by atoms with van der Waals surface area (Å²) in [5.41, 5.74) is 2.93. The SMILES string of the molecule is CN(C)CCCSc1nnc2c3ccccc3n(C)c2n1. The molecule has 0 fully saturated rings. The van der Waals surface area contributed by atoms with Gasteiger partial charge in [-0.25, -0.2) is 4.98 Å². The van der Waals surface area contributed by atoms with Crippen LogP contribution in [-0.2, 0) is 7.05 Å². The van der Waals surface area contributed by atoms with Crippen molar-refractivity contribution >= 4 is 33.8 Å². The first-order valence-electron chi connectivity index (χ1n) is 7.02. The van der Waals surface area contributed by atoms with Gasteiger partial charge in [-0.1, -0.05) is 30.0 Å². The lowest BCUT2D eigenvalue weighted by Crippen LogP contribution is -2.13. The molecule has 0 N–H and O–H groups in total. The zero-order valence-electron chi connectivity index (χ0n) is 12.6. The van der Waals surface area contributed by atoms with E-state index < -0.39 is 0 Å². The van der Waals surface area contributed by atoms with Crippen molar-refractivity contribution in [3.8, 4) is 0 Å². The normalized spacial score (nSPS) is 11.8. The maximum absolute atomic E-state index is 4.67. The number of nitrogens with zero attached hydrogens (tertiary/aromatic N) is 5. The average Bonchev–Trinajstić information content (AvgIpc) is 2.77. The molecule has 0 aliphatic heterocycles. The summed E-state index contributed by atoms with van der Waals surface area (Å²) in [4.78, 5) is 6.85. The smallest absolute Gasteiger partial charge is 0.211 e. The van der Waals surface area contributed by atoms with E-state index in [4.69, 9.17) is 0 Å². The molecule has 5 nitrogen and oxygen atoms in total. The predicted molar refractivity (Wildman–Crippen MR) is 87.7 cm³/mol. The molecule has 0 unspecified atom stereocenters. The molecular weight excluding hydrogens is 282 g/mol. The van der Waals surface area contributed by atoms with Gasteiger partial charge >= 0.3 is 0 Å². The average molecular weight is 301 g/mol. The maximum Gasteiger partial charge on any atom is 0.211 e. The van der Waals surface area contributed by atoms with Crippen LogP contribution in [0.5, 0.6) is 0 Å². The number of hydrogen-bond acceptors (Lipinski definition) is 5. The van der Waals surface area contributed by atoms with Crippen molar-refractivity contribution in [2.45, 2.75) is 11.6 Å². The topological polar surface area (TPSA) is 46.8 Å². The Kier molecular flexibility index (Phi) is 4.07. The van der Waals surface area contributed by atoms with Gasteiger partial charge in [0.1, 0.15) is 5.52 Å². The summed E-state index contributed by atoms with van der Waals surface area (Å²) in [6.07, 6.45) is 1.12. The number of para-hydroxylation sites is 1. The number of thioether (sulfide) groups is 1. The van der Waals surface area contributed by atoms with E-state index in [2.05, 4.69) is 50.9 Å². The molecule has 0 aliphatic carbocycles. The van der Waals surface area contributed by atoms with Crippen LogP contribution in [0.4, 0.5) is 0 Å². The van der Waals surface area contributed by atoms with Gasteiger partial charge in [-0.15, -0.1) is 10.2 Å². The Morgan fingerprint density at radius 1 is 1.19 bits per heavy atom. The molecule has 0 atom stereocenters. The van der Waals surface area contributed by atoms with Gasteiger partial charge in [0.25, 0.3) is 0 Å². The molecule has 1 aromatic carbocycles. The molecule has 2 aromatic heterocycles. The van der Waals surface area contributed by atoms with E-state index in [-0.39, 0.29) is 0 Å². The second-order valence-electron chi connectivity index (χ2n) is 5.35. The molecular formula is C15H19N5S. The summed E-state index contributed by atoms with van der Waals surface area (Å²) in [5.74, 6) is 1.01. The third-order valence-corrected chi connectivity index (χ3v) is 4.39. The van der Waals surface area contributed by atoms with Crippen molar-refractivity contribution < 1.29 is 0 Å².